The van der Waals surface area contributed by atoms with Gasteiger partial charge in [0.15, 0.2) is 0 Å². The summed E-state index contributed by atoms with van der Waals surface area (Å²) in [6, 6.07) is 19.5. The van der Waals surface area contributed by atoms with Crippen molar-refractivity contribution < 1.29 is 14.2 Å². The van der Waals surface area contributed by atoms with Crippen LogP contribution in [0.5, 0.6) is 0 Å². The number of hydrogen-bond acceptors (Lipinski definition) is 4. The minimum Gasteiger partial charge on any atom is -0.435 e. The first-order valence-electron chi connectivity index (χ1n) is 7.15. The van der Waals surface area contributed by atoms with Crippen LogP contribution in [0.3, 0.4) is 0 Å². The van der Waals surface area contributed by atoms with Gasteiger partial charge in [-0.25, -0.2) is 4.99 Å². The Balaban J connectivity index is 2.10. The first-order valence-corrected chi connectivity index (χ1v) is 7.15. The minimum absolute atomic E-state index is 0.510. The maximum atomic E-state index is 6.18. The molecule has 0 amide bonds. The Bertz CT molecular complexity index is 671. The predicted molar refractivity (Wildman–Crippen MR) is 84.6 cm³/mol. The van der Waals surface area contributed by atoms with Gasteiger partial charge in [0.05, 0.1) is 0 Å². The normalized spacial score (nSPS) is 27.3. The summed E-state index contributed by atoms with van der Waals surface area (Å²) in [6.07, 6.45) is 0. The zero-order valence-electron chi connectivity index (χ0n) is 12.9. The van der Waals surface area contributed by atoms with Crippen molar-refractivity contribution in [3.8, 4) is 0 Å². The molecule has 1 heterocycles. The third-order valence-electron chi connectivity index (χ3n) is 4.03. The molecule has 0 saturated carbocycles. The molecule has 114 valence electrons. The minimum atomic E-state index is -1.12. The molecule has 0 radical (unpaired) electrons. The Labute approximate surface area is 130 Å². The van der Waals surface area contributed by atoms with Crippen molar-refractivity contribution in [2.45, 2.75) is 18.4 Å². The van der Waals surface area contributed by atoms with Crippen LogP contribution in [-0.2, 0) is 20.0 Å². The zero-order valence-corrected chi connectivity index (χ0v) is 12.9. The molecule has 4 heteroatoms. The standard InChI is InChI=1S/C18H19NO3/c1-17(20-2)18(21-3,15-12-8-5-9-13-15)22-16(19-17)14-10-6-4-7-11-14/h4-13H,1-3H3/t17-,18+/m1/s1. The van der Waals surface area contributed by atoms with Crippen molar-refractivity contribution in [3.63, 3.8) is 0 Å². The van der Waals surface area contributed by atoms with E-state index in [0.29, 0.717) is 5.90 Å². The van der Waals surface area contributed by atoms with E-state index in [1.54, 1.807) is 14.2 Å². The monoisotopic (exact) mass is 297 g/mol. The molecule has 0 spiro atoms. The van der Waals surface area contributed by atoms with E-state index < -0.39 is 11.5 Å². The highest BCUT2D eigenvalue weighted by molar-refractivity contribution is 5.95. The third-order valence-corrected chi connectivity index (χ3v) is 4.03. The maximum Gasteiger partial charge on any atom is 0.288 e. The summed E-state index contributed by atoms with van der Waals surface area (Å²) in [5.74, 6) is -0.607. The molecule has 0 bridgehead atoms. The highest BCUT2D eigenvalue weighted by atomic mass is 16.7. The van der Waals surface area contributed by atoms with Crippen molar-refractivity contribution >= 4 is 5.90 Å². The number of hydrogen-bond donors (Lipinski definition) is 0. The number of ether oxygens (including phenoxy) is 3. The van der Waals surface area contributed by atoms with Crippen molar-refractivity contribution in [1.82, 2.24) is 0 Å². The summed E-state index contributed by atoms with van der Waals surface area (Å²) in [4.78, 5) is 4.66. The van der Waals surface area contributed by atoms with Gasteiger partial charge in [0.2, 0.25) is 11.6 Å². The molecule has 0 saturated heterocycles. The smallest absolute Gasteiger partial charge is 0.288 e. The highest BCUT2D eigenvalue weighted by Crippen LogP contribution is 2.46. The summed E-state index contributed by atoms with van der Waals surface area (Å²) in [6.45, 7) is 1.86. The number of methoxy groups -OCH3 is 2. The Morgan fingerprint density at radius 2 is 1.45 bits per heavy atom. The Morgan fingerprint density at radius 1 is 0.864 bits per heavy atom. The first-order chi connectivity index (χ1) is 10.6. The van der Waals surface area contributed by atoms with Gasteiger partial charge in [0.25, 0.3) is 5.79 Å². The highest BCUT2D eigenvalue weighted by Gasteiger charge is 2.59. The average molecular weight is 297 g/mol. The topological polar surface area (TPSA) is 40.0 Å². The number of aliphatic imine (C=N–C) groups is 1. The lowest BCUT2D eigenvalue weighted by Gasteiger charge is -2.37. The molecule has 0 N–H and O–H groups in total. The van der Waals surface area contributed by atoms with Crippen LogP contribution in [0.15, 0.2) is 65.7 Å². The SMILES string of the molecule is CO[C@@]1(c2ccccc2)OC(c2ccccc2)=N[C@]1(C)OC. The second-order valence-electron chi connectivity index (χ2n) is 5.26. The van der Waals surface area contributed by atoms with E-state index >= 15 is 0 Å². The van der Waals surface area contributed by atoms with Crippen LogP contribution >= 0.6 is 0 Å². The lowest BCUT2D eigenvalue weighted by atomic mass is 9.96. The van der Waals surface area contributed by atoms with Gasteiger partial charge in [0, 0.05) is 25.3 Å². The molecule has 0 fully saturated rings. The van der Waals surface area contributed by atoms with Crippen LogP contribution in [0.25, 0.3) is 0 Å². The van der Waals surface area contributed by atoms with E-state index in [4.69, 9.17) is 14.2 Å². The largest absolute Gasteiger partial charge is 0.435 e. The van der Waals surface area contributed by atoms with E-state index in [2.05, 4.69) is 4.99 Å². The van der Waals surface area contributed by atoms with E-state index in [9.17, 15) is 0 Å². The summed E-state index contributed by atoms with van der Waals surface area (Å²) in [5.41, 5.74) is 0.769. The fourth-order valence-electron chi connectivity index (χ4n) is 2.74. The number of benzene rings is 2. The van der Waals surface area contributed by atoms with Gasteiger partial charge in [-0.1, -0.05) is 48.5 Å². The molecular weight excluding hydrogens is 278 g/mol. The summed E-state index contributed by atoms with van der Waals surface area (Å²) in [7, 11) is 3.21. The molecule has 1 aliphatic rings. The number of rotatable bonds is 4. The van der Waals surface area contributed by atoms with Crippen LogP contribution in [0.1, 0.15) is 18.1 Å². The predicted octanol–water partition coefficient (Wildman–Crippen LogP) is 3.33. The molecule has 3 rings (SSSR count). The van der Waals surface area contributed by atoms with E-state index in [1.807, 2.05) is 67.6 Å². The van der Waals surface area contributed by atoms with Crippen molar-refractivity contribution in [3.05, 3.63) is 71.8 Å². The fraction of sp³-hybridized carbons (Fsp3) is 0.278. The maximum absolute atomic E-state index is 6.18. The van der Waals surface area contributed by atoms with Gasteiger partial charge in [0.1, 0.15) is 0 Å². The number of nitrogens with zero attached hydrogens (tertiary/aromatic N) is 1. The third kappa shape index (κ3) is 2.12. The lowest BCUT2D eigenvalue weighted by Crippen LogP contribution is -2.49. The molecule has 1 aliphatic heterocycles. The Hall–Kier alpha value is -2.17. The molecule has 2 aromatic carbocycles. The van der Waals surface area contributed by atoms with E-state index in [0.717, 1.165) is 11.1 Å². The van der Waals surface area contributed by atoms with Crippen LogP contribution in [-0.4, -0.2) is 25.8 Å². The van der Waals surface area contributed by atoms with Gasteiger partial charge in [-0.15, -0.1) is 0 Å². The van der Waals surface area contributed by atoms with Gasteiger partial charge in [-0.2, -0.15) is 0 Å². The van der Waals surface area contributed by atoms with Crippen LogP contribution in [0.2, 0.25) is 0 Å². The van der Waals surface area contributed by atoms with Gasteiger partial charge in [-0.3, -0.25) is 0 Å². The molecular formula is C18H19NO3. The second-order valence-corrected chi connectivity index (χ2v) is 5.26. The van der Waals surface area contributed by atoms with Gasteiger partial charge in [-0.05, 0) is 19.1 Å². The zero-order chi connectivity index (χ0) is 15.6. The quantitative estimate of drug-likeness (QED) is 0.869. The molecule has 0 aliphatic carbocycles. The van der Waals surface area contributed by atoms with Crippen LogP contribution < -0.4 is 0 Å². The van der Waals surface area contributed by atoms with Crippen LogP contribution in [0.4, 0.5) is 0 Å². The second kappa shape index (κ2) is 5.55. The lowest BCUT2D eigenvalue weighted by molar-refractivity contribution is -0.271. The molecule has 0 aromatic heterocycles. The fourth-order valence-corrected chi connectivity index (χ4v) is 2.74. The Kier molecular flexibility index (Phi) is 3.72. The van der Waals surface area contributed by atoms with Crippen molar-refractivity contribution in [1.29, 1.82) is 0 Å². The van der Waals surface area contributed by atoms with Gasteiger partial charge >= 0.3 is 0 Å². The molecule has 22 heavy (non-hydrogen) atoms. The summed E-state index contributed by atoms with van der Waals surface area (Å²) >= 11 is 0. The summed E-state index contributed by atoms with van der Waals surface area (Å²) in [5, 5.41) is 0. The molecule has 2 aromatic rings. The average Bonchev–Trinajstić information content (AvgIpc) is 2.91. The van der Waals surface area contributed by atoms with E-state index in [1.165, 1.54) is 0 Å². The summed E-state index contributed by atoms with van der Waals surface area (Å²) < 4.78 is 17.6. The van der Waals surface area contributed by atoms with Crippen LogP contribution in [0, 0.1) is 0 Å². The van der Waals surface area contributed by atoms with Crippen molar-refractivity contribution in [2.75, 3.05) is 14.2 Å². The Morgan fingerprint density at radius 3 is 2.00 bits per heavy atom. The first kappa shape index (κ1) is 14.8. The van der Waals surface area contributed by atoms with Gasteiger partial charge < -0.3 is 14.2 Å². The molecule has 0 unspecified atom stereocenters. The van der Waals surface area contributed by atoms with Crippen molar-refractivity contribution in [2.24, 2.45) is 4.99 Å². The molecule has 2 atom stereocenters. The molecule has 4 nitrogen and oxygen atoms in total. The van der Waals surface area contributed by atoms with E-state index in [-0.39, 0.29) is 0 Å².